The highest BCUT2D eigenvalue weighted by Crippen LogP contribution is 2.18. The smallest absolute Gasteiger partial charge is 0.357 e. The molecule has 0 aliphatic rings. The van der Waals surface area contributed by atoms with E-state index in [1.807, 2.05) is 0 Å². The van der Waals surface area contributed by atoms with Crippen molar-refractivity contribution in [2.24, 2.45) is 5.16 Å². The average Bonchev–Trinajstić information content (AvgIpc) is 2.59. The lowest BCUT2D eigenvalue weighted by Crippen LogP contribution is -2.36. The molecule has 1 aromatic carbocycles. The summed E-state index contributed by atoms with van der Waals surface area (Å²) in [5, 5.41) is 12.1. The number of esters is 2. The van der Waals surface area contributed by atoms with Crippen LogP contribution in [0.4, 0.5) is 0 Å². The van der Waals surface area contributed by atoms with Crippen molar-refractivity contribution in [1.82, 2.24) is 9.97 Å². The van der Waals surface area contributed by atoms with E-state index in [-0.39, 0.29) is 18.9 Å². The molecule has 0 saturated carbocycles. The van der Waals surface area contributed by atoms with Crippen LogP contribution in [0.1, 0.15) is 25.5 Å². The van der Waals surface area contributed by atoms with Crippen LogP contribution in [0, 0.1) is 0 Å². The molecule has 0 unspecified atom stereocenters. The Balaban J connectivity index is 2.63. The number of hydrogen-bond acceptors (Lipinski definition) is 8. The Morgan fingerprint density at radius 1 is 1.24 bits per heavy atom. The molecule has 1 atom stereocenters. The summed E-state index contributed by atoms with van der Waals surface area (Å²) < 4.78 is 9.68. The second kappa shape index (κ2) is 8.04. The summed E-state index contributed by atoms with van der Waals surface area (Å²) in [6.07, 6.45) is 0. The Kier molecular flexibility index (Phi) is 5.83. The highest BCUT2D eigenvalue weighted by molar-refractivity contribution is 6.42. The minimum absolute atomic E-state index is 0.00233. The fourth-order valence-corrected chi connectivity index (χ4v) is 2.24. The number of ether oxygens (including phenoxy) is 2. The predicted molar refractivity (Wildman–Crippen MR) is 87.6 cm³/mol. The summed E-state index contributed by atoms with van der Waals surface area (Å²) in [5.41, 5.74) is -0.848. The van der Waals surface area contributed by atoms with Crippen LogP contribution >= 0.6 is 0 Å². The summed E-state index contributed by atoms with van der Waals surface area (Å²) in [7, 11) is 0. The highest BCUT2D eigenvalue weighted by Gasteiger charge is 2.37. The van der Waals surface area contributed by atoms with E-state index in [4.69, 9.17) is 9.47 Å². The standard InChI is InChI=1S/C16H17N3O6/c1-3-24-15(21)11(13(19-23)16(22)25-4-2)12-14(20)18-10-8-6-5-7-9(10)17-12/h5-8,11,23H,3-4H2,1-2H3,(H,18,20)/b19-13+/t11-/m1/s1. The lowest BCUT2D eigenvalue weighted by molar-refractivity contribution is -0.145. The van der Waals surface area contributed by atoms with Gasteiger partial charge in [0.15, 0.2) is 11.6 Å². The zero-order valence-corrected chi connectivity index (χ0v) is 13.7. The van der Waals surface area contributed by atoms with E-state index in [9.17, 15) is 19.6 Å². The molecule has 9 nitrogen and oxygen atoms in total. The van der Waals surface area contributed by atoms with Gasteiger partial charge in [0.2, 0.25) is 0 Å². The van der Waals surface area contributed by atoms with Crippen LogP contribution in [0.3, 0.4) is 0 Å². The molecule has 132 valence electrons. The molecule has 1 heterocycles. The van der Waals surface area contributed by atoms with Gasteiger partial charge in [0.25, 0.3) is 5.56 Å². The fourth-order valence-electron chi connectivity index (χ4n) is 2.24. The molecule has 0 fully saturated rings. The lowest BCUT2D eigenvalue weighted by Gasteiger charge is -2.15. The summed E-state index contributed by atoms with van der Waals surface area (Å²) >= 11 is 0. The molecule has 2 aromatic rings. The van der Waals surface area contributed by atoms with Crippen LogP contribution in [-0.2, 0) is 19.1 Å². The Hall–Kier alpha value is -3.23. The number of nitrogens with one attached hydrogen (secondary N) is 1. The monoisotopic (exact) mass is 347 g/mol. The lowest BCUT2D eigenvalue weighted by atomic mass is 9.99. The Bertz CT molecular complexity index is 874. The Morgan fingerprint density at radius 2 is 1.92 bits per heavy atom. The maximum atomic E-state index is 12.4. The van der Waals surface area contributed by atoms with Crippen LogP contribution in [-0.4, -0.2) is 46.0 Å². The number of aromatic amines is 1. The summed E-state index contributed by atoms with van der Waals surface area (Å²) in [6.45, 7) is 3.11. The van der Waals surface area contributed by atoms with Crippen molar-refractivity contribution in [3.05, 3.63) is 40.3 Å². The molecule has 25 heavy (non-hydrogen) atoms. The first-order chi connectivity index (χ1) is 12.0. The van der Waals surface area contributed by atoms with Crippen molar-refractivity contribution in [3.8, 4) is 0 Å². The van der Waals surface area contributed by atoms with Gasteiger partial charge in [0.1, 0.15) is 5.69 Å². The van der Waals surface area contributed by atoms with Crippen LogP contribution in [0.2, 0.25) is 0 Å². The van der Waals surface area contributed by atoms with Gasteiger partial charge < -0.3 is 19.7 Å². The number of H-pyrrole nitrogens is 1. The van der Waals surface area contributed by atoms with Gasteiger partial charge in [-0.3, -0.25) is 9.59 Å². The number of rotatable bonds is 6. The first-order valence-corrected chi connectivity index (χ1v) is 7.58. The van der Waals surface area contributed by atoms with E-state index < -0.39 is 29.1 Å². The number of fused-ring (bicyclic) bond motifs is 1. The number of carbonyl (C=O) groups excluding carboxylic acids is 2. The number of hydrogen-bond donors (Lipinski definition) is 2. The van der Waals surface area contributed by atoms with Gasteiger partial charge in [-0.05, 0) is 26.0 Å². The topological polar surface area (TPSA) is 131 Å². The minimum Gasteiger partial charge on any atom is -0.465 e. The maximum Gasteiger partial charge on any atom is 0.357 e. The zero-order valence-electron chi connectivity index (χ0n) is 13.7. The summed E-state index contributed by atoms with van der Waals surface area (Å²) in [6, 6.07) is 6.67. The van der Waals surface area contributed by atoms with Crippen molar-refractivity contribution in [3.63, 3.8) is 0 Å². The van der Waals surface area contributed by atoms with Crippen molar-refractivity contribution >= 4 is 28.7 Å². The van der Waals surface area contributed by atoms with Crippen LogP contribution < -0.4 is 5.56 Å². The van der Waals surface area contributed by atoms with Crippen LogP contribution in [0.5, 0.6) is 0 Å². The van der Waals surface area contributed by atoms with Gasteiger partial charge in [-0.25, -0.2) is 9.78 Å². The van der Waals surface area contributed by atoms with Gasteiger partial charge in [0, 0.05) is 0 Å². The largest absolute Gasteiger partial charge is 0.465 e. The SMILES string of the molecule is CCOC(=O)/C(=N/O)[C@H](C(=O)OCC)c1nc2ccccc2[nH]c1=O. The molecule has 0 amide bonds. The van der Waals surface area contributed by atoms with Crippen LogP contribution in [0.15, 0.2) is 34.2 Å². The Morgan fingerprint density at radius 3 is 2.56 bits per heavy atom. The Labute approximate surface area is 142 Å². The van der Waals surface area contributed by atoms with Crippen molar-refractivity contribution < 1.29 is 24.3 Å². The molecule has 0 spiro atoms. The number of benzene rings is 1. The number of carbonyl (C=O) groups is 2. The first-order valence-electron chi connectivity index (χ1n) is 7.58. The van der Waals surface area contributed by atoms with E-state index >= 15 is 0 Å². The predicted octanol–water partition coefficient (Wildman–Crippen LogP) is 0.963. The molecule has 0 aliphatic heterocycles. The van der Waals surface area contributed by atoms with E-state index in [2.05, 4.69) is 15.1 Å². The quantitative estimate of drug-likeness (QED) is 0.344. The van der Waals surface area contributed by atoms with Crippen molar-refractivity contribution in [2.45, 2.75) is 19.8 Å². The van der Waals surface area contributed by atoms with Crippen molar-refractivity contribution in [2.75, 3.05) is 13.2 Å². The number of aromatic nitrogens is 2. The van der Waals surface area contributed by atoms with Gasteiger partial charge >= 0.3 is 11.9 Å². The molecule has 0 radical (unpaired) electrons. The molecule has 1 aromatic heterocycles. The van der Waals surface area contributed by atoms with Gasteiger partial charge in [-0.1, -0.05) is 17.3 Å². The molecule has 0 saturated heterocycles. The molecule has 0 bridgehead atoms. The van der Waals surface area contributed by atoms with Crippen LogP contribution in [0.25, 0.3) is 11.0 Å². The zero-order chi connectivity index (χ0) is 18.4. The van der Waals surface area contributed by atoms with Crippen molar-refractivity contribution in [1.29, 1.82) is 0 Å². The first kappa shape index (κ1) is 18.1. The second-order valence-electron chi connectivity index (χ2n) is 4.86. The van der Waals surface area contributed by atoms with Gasteiger partial charge in [-0.2, -0.15) is 0 Å². The number of oxime groups is 1. The average molecular weight is 347 g/mol. The molecule has 9 heteroatoms. The summed E-state index contributed by atoms with van der Waals surface area (Å²) in [5.74, 6) is -3.61. The fraction of sp³-hybridized carbons (Fsp3) is 0.312. The maximum absolute atomic E-state index is 12.4. The molecular formula is C16H17N3O6. The third-order valence-electron chi connectivity index (χ3n) is 3.29. The van der Waals surface area contributed by atoms with Gasteiger partial charge in [0.05, 0.1) is 24.2 Å². The molecular weight excluding hydrogens is 330 g/mol. The highest BCUT2D eigenvalue weighted by atomic mass is 16.5. The van der Waals surface area contributed by atoms with E-state index in [1.54, 1.807) is 38.1 Å². The minimum atomic E-state index is -1.61. The number of nitrogens with zero attached hydrogens (tertiary/aromatic N) is 2. The van der Waals surface area contributed by atoms with Gasteiger partial charge in [-0.15, -0.1) is 0 Å². The molecule has 2 rings (SSSR count). The molecule has 2 N–H and O–H groups in total. The van der Waals surface area contributed by atoms with E-state index in [0.29, 0.717) is 11.0 Å². The van der Waals surface area contributed by atoms with E-state index in [1.165, 1.54) is 0 Å². The summed E-state index contributed by atoms with van der Waals surface area (Å²) in [4.78, 5) is 43.4. The third kappa shape index (κ3) is 3.82. The second-order valence-corrected chi connectivity index (χ2v) is 4.86. The number of para-hydroxylation sites is 2. The molecule has 0 aliphatic carbocycles. The third-order valence-corrected chi connectivity index (χ3v) is 3.29. The van der Waals surface area contributed by atoms with E-state index in [0.717, 1.165) is 0 Å². The normalized spacial score (nSPS) is 12.6.